The minimum absolute atomic E-state index is 0.365. The Morgan fingerprint density at radius 1 is 1.08 bits per heavy atom. The third kappa shape index (κ3) is 18.8. The number of hydrogen-bond donors (Lipinski definition) is 5. The molecule has 0 saturated heterocycles. The van der Waals surface area contributed by atoms with Crippen molar-refractivity contribution in [3.05, 3.63) is 0 Å². The summed E-state index contributed by atoms with van der Waals surface area (Å²) in [4.78, 5) is 0. The van der Waals surface area contributed by atoms with Gasteiger partial charge < -0.3 is 15.3 Å². The zero-order valence-corrected chi connectivity index (χ0v) is 7.90. The molecule has 0 aliphatic heterocycles. The average Bonchev–Trinajstić information content (AvgIpc) is 2.01. The predicted octanol–water partition coefficient (Wildman–Crippen LogP) is -2.39. The number of rotatable bonds is 4. The first-order valence-corrected chi connectivity index (χ1v) is 4.80. The van der Waals surface area contributed by atoms with E-state index >= 15 is 0 Å². The maximum Gasteiger partial charge on any atom is 0.317 e. The molecule has 0 aromatic rings. The molecule has 82 valence electrons. The van der Waals surface area contributed by atoms with E-state index in [0.29, 0.717) is 0 Å². The van der Waals surface area contributed by atoms with Crippen molar-refractivity contribution >= 4 is 22.7 Å². The van der Waals surface area contributed by atoms with Crippen molar-refractivity contribution in [2.75, 3.05) is 13.2 Å². The van der Waals surface area contributed by atoms with Crippen molar-refractivity contribution in [1.82, 2.24) is 0 Å². The summed E-state index contributed by atoms with van der Waals surface area (Å²) in [5.41, 5.74) is 0. The van der Waals surface area contributed by atoms with Crippen LogP contribution in [-0.2, 0) is 26.4 Å². The SMILES string of the molecule is O=S(O)OS(=O)O.OCC(O)CO. The zero-order valence-electron chi connectivity index (χ0n) is 6.27. The maximum atomic E-state index is 9.35. The number of hydrogen-bond acceptors (Lipinski definition) is 6. The maximum absolute atomic E-state index is 9.35. The van der Waals surface area contributed by atoms with Crippen LogP contribution < -0.4 is 0 Å². The van der Waals surface area contributed by atoms with Gasteiger partial charge in [0.1, 0.15) is 6.10 Å². The fourth-order valence-electron chi connectivity index (χ4n) is 0.108. The summed E-state index contributed by atoms with van der Waals surface area (Å²) in [6, 6.07) is 0. The molecule has 0 radical (unpaired) electrons. The molecule has 0 heterocycles. The molecule has 0 saturated carbocycles. The molecule has 0 aromatic carbocycles. The van der Waals surface area contributed by atoms with E-state index in [1.807, 2.05) is 0 Å². The van der Waals surface area contributed by atoms with Gasteiger partial charge in [-0.05, 0) is 0 Å². The van der Waals surface area contributed by atoms with E-state index in [9.17, 15) is 8.42 Å². The summed E-state index contributed by atoms with van der Waals surface area (Å²) in [5, 5.41) is 24.0. The monoisotopic (exact) mass is 238 g/mol. The van der Waals surface area contributed by atoms with E-state index in [1.54, 1.807) is 0 Å². The van der Waals surface area contributed by atoms with Gasteiger partial charge in [0, 0.05) is 0 Å². The summed E-state index contributed by atoms with van der Waals surface area (Å²) in [7, 11) is 0. The Labute approximate surface area is 79.1 Å². The average molecular weight is 238 g/mol. The topological polar surface area (TPSA) is 145 Å². The molecule has 0 atom stereocenters. The molecular weight excluding hydrogens is 228 g/mol. The van der Waals surface area contributed by atoms with Crippen molar-refractivity contribution in [3.63, 3.8) is 0 Å². The summed E-state index contributed by atoms with van der Waals surface area (Å²) < 4.78 is 37.2. The second-order valence-corrected chi connectivity index (χ2v) is 2.93. The van der Waals surface area contributed by atoms with Gasteiger partial charge in [-0.15, -0.1) is 3.63 Å². The van der Waals surface area contributed by atoms with Gasteiger partial charge in [-0.2, -0.15) is 8.42 Å². The molecule has 0 fully saturated rings. The zero-order chi connectivity index (χ0) is 10.9. The van der Waals surface area contributed by atoms with Crippen LogP contribution in [0.1, 0.15) is 0 Å². The molecular formula is C3H10O8S2. The highest BCUT2D eigenvalue weighted by Gasteiger charge is 1.96. The lowest BCUT2D eigenvalue weighted by atomic mass is 10.4. The minimum atomic E-state index is -2.65. The Morgan fingerprint density at radius 2 is 1.38 bits per heavy atom. The molecule has 8 nitrogen and oxygen atoms in total. The van der Waals surface area contributed by atoms with Crippen LogP contribution in [0, 0.1) is 0 Å². The van der Waals surface area contributed by atoms with Crippen molar-refractivity contribution < 1.29 is 36.5 Å². The van der Waals surface area contributed by atoms with Gasteiger partial charge in [-0.3, -0.25) is 9.11 Å². The third-order valence-corrected chi connectivity index (χ3v) is 1.47. The standard InChI is InChI=1S/C3H8O3.H2O5S2/c4-1-3(6)2-5;1-6(2)5-7(3)4/h3-6H,1-2H2;(H,1,2)(H,3,4). The van der Waals surface area contributed by atoms with Crippen molar-refractivity contribution in [2.45, 2.75) is 6.10 Å². The molecule has 0 aliphatic carbocycles. The molecule has 0 bridgehead atoms. The van der Waals surface area contributed by atoms with Crippen molar-refractivity contribution in [1.29, 1.82) is 0 Å². The Balaban J connectivity index is 0. The highest BCUT2D eigenvalue weighted by atomic mass is 32.3. The Kier molecular flexibility index (Phi) is 12.1. The van der Waals surface area contributed by atoms with Gasteiger partial charge in [-0.1, -0.05) is 0 Å². The van der Waals surface area contributed by atoms with Crippen LogP contribution in [0.15, 0.2) is 0 Å². The van der Waals surface area contributed by atoms with E-state index in [0.717, 1.165) is 0 Å². The summed E-state index contributed by atoms with van der Waals surface area (Å²) in [6.45, 7) is -0.729. The molecule has 13 heavy (non-hydrogen) atoms. The van der Waals surface area contributed by atoms with E-state index < -0.39 is 28.8 Å². The first-order valence-electron chi connectivity index (χ1n) is 2.74. The molecule has 0 aromatic heterocycles. The van der Waals surface area contributed by atoms with Gasteiger partial charge in [0.15, 0.2) is 0 Å². The third-order valence-electron chi connectivity index (χ3n) is 0.538. The van der Waals surface area contributed by atoms with Crippen LogP contribution in [0.2, 0.25) is 0 Å². The highest BCUT2D eigenvalue weighted by molar-refractivity contribution is 7.87. The van der Waals surface area contributed by atoms with Gasteiger partial charge in [0.05, 0.1) is 13.2 Å². The Morgan fingerprint density at radius 3 is 1.38 bits per heavy atom. The number of aliphatic hydroxyl groups is 3. The molecule has 0 rings (SSSR count). The lowest BCUT2D eigenvalue weighted by Gasteiger charge is -1.96. The van der Waals surface area contributed by atoms with E-state index in [2.05, 4.69) is 3.63 Å². The van der Waals surface area contributed by atoms with Gasteiger partial charge >= 0.3 is 22.7 Å². The smallest absolute Gasteiger partial charge is 0.317 e. The second kappa shape index (κ2) is 10.1. The molecule has 0 spiro atoms. The second-order valence-electron chi connectivity index (χ2n) is 1.52. The fraction of sp³-hybridized carbons (Fsp3) is 1.00. The van der Waals surface area contributed by atoms with Crippen LogP contribution in [0.25, 0.3) is 0 Å². The minimum Gasteiger partial charge on any atom is -0.394 e. The summed E-state index contributed by atoms with van der Waals surface area (Å²) in [6.07, 6.45) is -0.954. The first-order chi connectivity index (χ1) is 5.93. The van der Waals surface area contributed by atoms with Crippen LogP contribution >= 0.6 is 0 Å². The fourth-order valence-corrected chi connectivity index (χ4v) is 0.506. The van der Waals surface area contributed by atoms with E-state index in [-0.39, 0.29) is 13.2 Å². The normalized spacial score (nSPS) is 14.6. The van der Waals surface area contributed by atoms with Crippen LogP contribution in [0.5, 0.6) is 0 Å². The van der Waals surface area contributed by atoms with Gasteiger partial charge in [0.25, 0.3) is 0 Å². The van der Waals surface area contributed by atoms with Gasteiger partial charge in [-0.25, -0.2) is 0 Å². The molecule has 5 N–H and O–H groups in total. The number of aliphatic hydroxyl groups excluding tert-OH is 3. The molecule has 10 heteroatoms. The Hall–Kier alpha value is 0.0600. The van der Waals surface area contributed by atoms with Gasteiger partial charge in [0.2, 0.25) is 0 Å². The van der Waals surface area contributed by atoms with Crippen molar-refractivity contribution in [2.24, 2.45) is 0 Å². The lowest BCUT2D eigenvalue weighted by Crippen LogP contribution is -2.15. The van der Waals surface area contributed by atoms with Crippen LogP contribution in [-0.4, -0.2) is 52.2 Å². The van der Waals surface area contributed by atoms with Crippen LogP contribution in [0.4, 0.5) is 0 Å². The molecule has 0 amide bonds. The summed E-state index contributed by atoms with van der Waals surface area (Å²) >= 11 is -5.29. The van der Waals surface area contributed by atoms with Crippen molar-refractivity contribution in [3.8, 4) is 0 Å². The summed E-state index contributed by atoms with van der Waals surface area (Å²) in [5.74, 6) is 0. The van der Waals surface area contributed by atoms with Crippen LogP contribution in [0.3, 0.4) is 0 Å². The largest absolute Gasteiger partial charge is 0.394 e. The first kappa shape index (κ1) is 15.5. The van der Waals surface area contributed by atoms with E-state index in [1.165, 1.54) is 0 Å². The Bertz CT molecular complexity index is 143. The van der Waals surface area contributed by atoms with E-state index in [4.69, 9.17) is 24.4 Å². The highest BCUT2D eigenvalue weighted by Crippen LogP contribution is 1.79. The predicted molar refractivity (Wildman–Crippen MR) is 42.8 cm³/mol. The molecule has 0 aliphatic rings. The lowest BCUT2D eigenvalue weighted by molar-refractivity contribution is 0.0450. The molecule has 0 unspecified atom stereocenters. The quantitative estimate of drug-likeness (QED) is 0.341.